The van der Waals surface area contributed by atoms with Gasteiger partial charge >= 0.3 is 0 Å². The van der Waals surface area contributed by atoms with Gasteiger partial charge in [0.15, 0.2) is 0 Å². The number of aromatic nitrogens is 2. The molecule has 0 aliphatic heterocycles. The Morgan fingerprint density at radius 1 is 0.893 bits per heavy atom. The maximum Gasteiger partial charge on any atom is 0.128 e. The highest BCUT2D eigenvalue weighted by atomic mass is 16.5. The molecule has 0 amide bonds. The van der Waals surface area contributed by atoms with Crippen molar-refractivity contribution in [1.29, 1.82) is 0 Å². The van der Waals surface area contributed by atoms with E-state index < -0.39 is 0 Å². The van der Waals surface area contributed by atoms with Gasteiger partial charge in [-0.15, -0.1) is 0 Å². The first kappa shape index (κ1) is 17.7. The van der Waals surface area contributed by atoms with E-state index in [4.69, 9.17) is 4.74 Å². The fourth-order valence-electron chi connectivity index (χ4n) is 3.11. The Morgan fingerprint density at radius 3 is 2.46 bits per heavy atom. The Labute approximate surface area is 164 Å². The molecule has 0 radical (unpaired) electrons. The highest BCUT2D eigenvalue weighted by Gasteiger charge is 2.13. The number of nitrogens with zero attached hydrogens (tertiary/aromatic N) is 2. The molecule has 138 valence electrons. The molecular weight excluding hydrogens is 348 g/mol. The minimum absolute atomic E-state index is 0.123. The maximum atomic E-state index is 10.6. The molecule has 0 saturated carbocycles. The van der Waals surface area contributed by atoms with Crippen molar-refractivity contribution in [2.75, 3.05) is 0 Å². The molecular formula is C24H20N2O2. The fourth-order valence-corrected chi connectivity index (χ4v) is 3.11. The Kier molecular flexibility index (Phi) is 5.02. The van der Waals surface area contributed by atoms with Gasteiger partial charge in [-0.25, -0.2) is 9.97 Å². The Morgan fingerprint density at radius 2 is 1.68 bits per heavy atom. The zero-order valence-electron chi connectivity index (χ0n) is 15.5. The van der Waals surface area contributed by atoms with Crippen molar-refractivity contribution in [3.8, 4) is 33.9 Å². The van der Waals surface area contributed by atoms with Crippen LogP contribution in [0.25, 0.3) is 22.4 Å². The van der Waals surface area contributed by atoms with Crippen molar-refractivity contribution in [3.63, 3.8) is 0 Å². The van der Waals surface area contributed by atoms with Crippen molar-refractivity contribution in [1.82, 2.24) is 9.97 Å². The van der Waals surface area contributed by atoms with Crippen LogP contribution in [0.3, 0.4) is 0 Å². The topological polar surface area (TPSA) is 55.2 Å². The van der Waals surface area contributed by atoms with E-state index in [0.717, 1.165) is 16.7 Å². The molecule has 0 saturated heterocycles. The van der Waals surface area contributed by atoms with Crippen LogP contribution >= 0.6 is 0 Å². The summed E-state index contributed by atoms with van der Waals surface area (Å²) in [6.45, 7) is 2.51. The summed E-state index contributed by atoms with van der Waals surface area (Å²) in [7, 11) is 0. The van der Waals surface area contributed by atoms with E-state index in [1.165, 1.54) is 11.9 Å². The lowest BCUT2D eigenvalue weighted by atomic mass is 10.0. The van der Waals surface area contributed by atoms with E-state index in [9.17, 15) is 5.11 Å². The van der Waals surface area contributed by atoms with Gasteiger partial charge in [-0.05, 0) is 35.7 Å². The molecule has 0 bridgehead atoms. The van der Waals surface area contributed by atoms with Crippen LogP contribution in [0.2, 0.25) is 0 Å². The van der Waals surface area contributed by atoms with Crippen LogP contribution in [-0.2, 0) is 6.61 Å². The monoisotopic (exact) mass is 368 g/mol. The number of benzene rings is 3. The molecule has 4 nitrogen and oxygen atoms in total. The molecule has 0 unspecified atom stereocenters. The van der Waals surface area contributed by atoms with Crippen LogP contribution in [-0.4, -0.2) is 15.1 Å². The zero-order chi connectivity index (χ0) is 19.3. The third-order valence-electron chi connectivity index (χ3n) is 4.68. The summed E-state index contributed by atoms with van der Waals surface area (Å²) >= 11 is 0. The van der Waals surface area contributed by atoms with E-state index in [0.29, 0.717) is 23.6 Å². The second kappa shape index (κ2) is 7.92. The Balaban J connectivity index is 1.62. The van der Waals surface area contributed by atoms with Gasteiger partial charge in [0.05, 0.1) is 5.69 Å². The van der Waals surface area contributed by atoms with Crippen LogP contribution in [0, 0.1) is 6.92 Å². The van der Waals surface area contributed by atoms with Crippen molar-refractivity contribution in [2.45, 2.75) is 13.5 Å². The maximum absolute atomic E-state index is 10.6. The van der Waals surface area contributed by atoms with Crippen LogP contribution in [0.15, 0.2) is 85.3 Å². The number of phenolic OH excluding ortho intramolecular Hbond substituents is 1. The van der Waals surface area contributed by atoms with Gasteiger partial charge in [-0.1, -0.05) is 54.6 Å². The average molecular weight is 368 g/mol. The molecule has 28 heavy (non-hydrogen) atoms. The summed E-state index contributed by atoms with van der Waals surface area (Å²) in [5.41, 5.74) is 5.49. The first-order valence-corrected chi connectivity index (χ1v) is 9.08. The molecule has 4 rings (SSSR count). The van der Waals surface area contributed by atoms with Crippen molar-refractivity contribution >= 4 is 0 Å². The van der Waals surface area contributed by atoms with E-state index in [2.05, 4.69) is 23.0 Å². The SMILES string of the molecule is Cc1ccccc1COc1ccc(-c2ncncc2-c2ccccc2)c(O)c1. The molecule has 1 heterocycles. The number of aryl methyl sites for hydroxylation is 1. The number of rotatable bonds is 5. The molecule has 1 N–H and O–H groups in total. The van der Waals surface area contributed by atoms with Crippen LogP contribution in [0.1, 0.15) is 11.1 Å². The molecule has 1 aromatic heterocycles. The third kappa shape index (κ3) is 3.71. The summed E-state index contributed by atoms with van der Waals surface area (Å²) < 4.78 is 5.87. The third-order valence-corrected chi connectivity index (χ3v) is 4.68. The molecule has 0 fully saturated rings. The minimum Gasteiger partial charge on any atom is -0.507 e. The highest BCUT2D eigenvalue weighted by molar-refractivity contribution is 5.82. The van der Waals surface area contributed by atoms with E-state index >= 15 is 0 Å². The van der Waals surface area contributed by atoms with Gasteiger partial charge in [0.25, 0.3) is 0 Å². The second-order valence-electron chi connectivity index (χ2n) is 6.55. The average Bonchev–Trinajstić information content (AvgIpc) is 2.74. The van der Waals surface area contributed by atoms with E-state index in [1.807, 2.05) is 60.7 Å². The fraction of sp³-hybridized carbons (Fsp3) is 0.0833. The Hall–Kier alpha value is -3.66. The Bertz CT molecular complexity index is 1090. The van der Waals surface area contributed by atoms with Gasteiger partial charge in [-0.2, -0.15) is 0 Å². The van der Waals surface area contributed by atoms with Crippen molar-refractivity contribution in [2.24, 2.45) is 0 Å². The minimum atomic E-state index is 0.123. The zero-order valence-corrected chi connectivity index (χ0v) is 15.5. The lowest BCUT2D eigenvalue weighted by molar-refractivity contribution is 0.303. The summed E-state index contributed by atoms with van der Waals surface area (Å²) in [6.07, 6.45) is 3.25. The van der Waals surface area contributed by atoms with Crippen molar-refractivity contribution < 1.29 is 9.84 Å². The van der Waals surface area contributed by atoms with Gasteiger partial charge in [0.1, 0.15) is 24.4 Å². The predicted molar refractivity (Wildman–Crippen MR) is 110 cm³/mol. The van der Waals surface area contributed by atoms with Crippen LogP contribution in [0.5, 0.6) is 11.5 Å². The molecule has 4 aromatic rings. The first-order valence-electron chi connectivity index (χ1n) is 9.08. The molecule has 4 heteroatoms. The van der Waals surface area contributed by atoms with Gasteiger partial charge in [0.2, 0.25) is 0 Å². The summed E-state index contributed by atoms with van der Waals surface area (Å²) in [6, 6.07) is 23.3. The summed E-state index contributed by atoms with van der Waals surface area (Å²) in [5.74, 6) is 0.734. The summed E-state index contributed by atoms with van der Waals surface area (Å²) in [5, 5.41) is 10.6. The number of ether oxygens (including phenoxy) is 1. The quantitative estimate of drug-likeness (QED) is 0.512. The molecule has 3 aromatic carbocycles. The van der Waals surface area contributed by atoms with Gasteiger partial charge < -0.3 is 9.84 Å². The van der Waals surface area contributed by atoms with Crippen molar-refractivity contribution in [3.05, 3.63) is 96.4 Å². The van der Waals surface area contributed by atoms with E-state index in [-0.39, 0.29) is 5.75 Å². The predicted octanol–water partition coefficient (Wildman–Crippen LogP) is 5.40. The summed E-state index contributed by atoms with van der Waals surface area (Å²) in [4.78, 5) is 8.56. The standard InChI is InChI=1S/C24H20N2O2/c1-17-7-5-6-10-19(17)15-28-20-11-12-21(23(27)13-20)24-22(14-25-16-26-24)18-8-3-2-4-9-18/h2-14,16,27H,15H2,1H3. The molecule has 0 aliphatic carbocycles. The second-order valence-corrected chi connectivity index (χ2v) is 6.55. The number of hydrogen-bond donors (Lipinski definition) is 1. The lowest BCUT2D eigenvalue weighted by Gasteiger charge is -2.12. The highest BCUT2D eigenvalue weighted by Crippen LogP contribution is 2.36. The number of hydrogen-bond acceptors (Lipinski definition) is 4. The van der Waals surface area contributed by atoms with Gasteiger partial charge in [-0.3, -0.25) is 0 Å². The molecule has 0 aliphatic rings. The first-order chi connectivity index (χ1) is 13.7. The largest absolute Gasteiger partial charge is 0.507 e. The smallest absolute Gasteiger partial charge is 0.128 e. The number of aromatic hydroxyl groups is 1. The molecule has 0 atom stereocenters. The van der Waals surface area contributed by atoms with E-state index in [1.54, 1.807) is 12.3 Å². The van der Waals surface area contributed by atoms with Gasteiger partial charge in [0, 0.05) is 23.4 Å². The molecule has 0 spiro atoms. The number of phenols is 1. The lowest BCUT2D eigenvalue weighted by Crippen LogP contribution is -1.98. The normalized spacial score (nSPS) is 10.6. The van der Waals surface area contributed by atoms with Crippen LogP contribution < -0.4 is 4.74 Å². The van der Waals surface area contributed by atoms with Crippen LogP contribution in [0.4, 0.5) is 0 Å².